The molecule has 19 heteroatoms. The lowest BCUT2D eigenvalue weighted by Crippen LogP contribution is -2.30. The van der Waals surface area contributed by atoms with Gasteiger partial charge >= 0.3 is 39.5 Å². The van der Waals surface area contributed by atoms with E-state index < -0.39 is 97.5 Å². The van der Waals surface area contributed by atoms with Gasteiger partial charge in [0, 0.05) is 25.7 Å². The molecule has 96 heavy (non-hydrogen) atoms. The van der Waals surface area contributed by atoms with E-state index >= 15 is 0 Å². The van der Waals surface area contributed by atoms with E-state index in [9.17, 15) is 43.2 Å². The molecule has 17 nitrogen and oxygen atoms in total. The molecule has 0 heterocycles. The van der Waals surface area contributed by atoms with Crippen LogP contribution in [-0.4, -0.2) is 96.7 Å². The van der Waals surface area contributed by atoms with Crippen LogP contribution >= 0.6 is 15.6 Å². The minimum Gasteiger partial charge on any atom is -0.462 e. The summed E-state index contributed by atoms with van der Waals surface area (Å²) in [5, 5.41) is 10.6. The number of ether oxygens (including phenoxy) is 4. The van der Waals surface area contributed by atoms with Gasteiger partial charge in [-0.15, -0.1) is 0 Å². The molecular weight excluding hydrogens is 1260 g/mol. The Morgan fingerprint density at radius 1 is 0.302 bits per heavy atom. The SMILES string of the molecule is CC/C=C\C/C=C\C/C=C\C/C=C\CCCCCCC(=O)OCC(COP(=O)(O)OCC(O)COP(=O)(O)OCC(COC(=O)CCCCCCC/C=C\CCCCCCCC)OC(=O)CCCCCCC/C=C\CCCCCC)OC(=O)CCCCCCC/C=C\CCCC. The van der Waals surface area contributed by atoms with Crippen molar-refractivity contribution in [2.75, 3.05) is 39.6 Å². The highest BCUT2D eigenvalue weighted by atomic mass is 31.2. The summed E-state index contributed by atoms with van der Waals surface area (Å²) in [6, 6.07) is 0. The zero-order valence-corrected chi connectivity index (χ0v) is 62.3. The fourth-order valence-electron chi connectivity index (χ4n) is 10.0. The number of allylic oxidation sites excluding steroid dienone is 14. The molecule has 0 spiro atoms. The van der Waals surface area contributed by atoms with Gasteiger partial charge in [-0.2, -0.15) is 0 Å². The Balaban J connectivity index is 5.33. The Bertz CT molecular complexity index is 2160. The summed E-state index contributed by atoms with van der Waals surface area (Å²) in [7, 11) is -9.95. The molecule has 0 aliphatic carbocycles. The van der Waals surface area contributed by atoms with Crippen molar-refractivity contribution in [3.63, 3.8) is 0 Å². The third-order valence-corrected chi connectivity index (χ3v) is 17.7. The number of aliphatic hydroxyl groups excluding tert-OH is 1. The van der Waals surface area contributed by atoms with Crippen LogP contribution in [0.2, 0.25) is 0 Å². The Morgan fingerprint density at radius 2 is 0.552 bits per heavy atom. The van der Waals surface area contributed by atoms with Gasteiger partial charge in [0.1, 0.15) is 19.3 Å². The molecule has 5 atom stereocenters. The molecule has 0 aromatic rings. The van der Waals surface area contributed by atoms with Gasteiger partial charge in [0.15, 0.2) is 12.2 Å². The molecule has 0 saturated carbocycles. The number of rotatable bonds is 71. The van der Waals surface area contributed by atoms with Crippen molar-refractivity contribution in [1.82, 2.24) is 0 Å². The van der Waals surface area contributed by atoms with E-state index in [0.29, 0.717) is 25.7 Å². The summed E-state index contributed by atoms with van der Waals surface area (Å²) >= 11 is 0. The van der Waals surface area contributed by atoms with Gasteiger partial charge in [0.25, 0.3) is 0 Å². The van der Waals surface area contributed by atoms with Gasteiger partial charge < -0.3 is 33.8 Å². The molecule has 3 N–H and O–H groups in total. The maximum absolute atomic E-state index is 13.1. The van der Waals surface area contributed by atoms with Crippen LogP contribution in [0, 0.1) is 0 Å². The van der Waals surface area contributed by atoms with E-state index in [2.05, 4.69) is 113 Å². The monoisotopic (exact) mass is 1390 g/mol. The Labute approximate surface area is 583 Å². The Hall–Kier alpha value is -3.76. The number of unbranched alkanes of at least 4 members (excludes halogenated alkanes) is 31. The van der Waals surface area contributed by atoms with Gasteiger partial charge in [0.2, 0.25) is 0 Å². The number of hydrogen-bond donors (Lipinski definition) is 3. The lowest BCUT2D eigenvalue weighted by Gasteiger charge is -2.21. The van der Waals surface area contributed by atoms with Gasteiger partial charge in [-0.05, 0) is 135 Å². The summed E-state index contributed by atoms with van der Waals surface area (Å²) in [6.07, 6.45) is 70.1. The molecule has 0 rings (SSSR count). The first-order valence-corrected chi connectivity index (χ1v) is 40.8. The van der Waals surface area contributed by atoms with E-state index in [-0.39, 0.29) is 25.7 Å². The largest absolute Gasteiger partial charge is 0.472 e. The van der Waals surface area contributed by atoms with Crippen LogP contribution in [0.15, 0.2) is 85.1 Å². The number of aliphatic hydroxyl groups is 1. The predicted molar refractivity (Wildman–Crippen MR) is 390 cm³/mol. The normalized spacial score (nSPS) is 14.4. The van der Waals surface area contributed by atoms with Crippen molar-refractivity contribution in [1.29, 1.82) is 0 Å². The summed E-state index contributed by atoms with van der Waals surface area (Å²) < 4.78 is 68.4. The molecule has 0 amide bonds. The van der Waals surface area contributed by atoms with Crippen LogP contribution in [0.4, 0.5) is 0 Å². The number of hydrogen-bond acceptors (Lipinski definition) is 15. The summed E-state index contributed by atoms with van der Waals surface area (Å²) in [5.41, 5.74) is 0. The Kier molecular flexibility index (Phi) is 67.0. The second-order valence-corrected chi connectivity index (χ2v) is 28.1. The highest BCUT2D eigenvalue weighted by Crippen LogP contribution is 2.45. The van der Waals surface area contributed by atoms with Gasteiger partial charge in [-0.1, -0.05) is 248 Å². The maximum atomic E-state index is 13.1. The second kappa shape index (κ2) is 69.7. The minimum atomic E-state index is -4.98. The minimum absolute atomic E-state index is 0.0792. The summed E-state index contributed by atoms with van der Waals surface area (Å²) in [6.45, 7) is 4.66. The van der Waals surface area contributed by atoms with Crippen LogP contribution in [0.5, 0.6) is 0 Å². The smallest absolute Gasteiger partial charge is 0.462 e. The average Bonchev–Trinajstić information content (AvgIpc) is 1.13. The topological polar surface area (TPSA) is 237 Å². The number of carbonyl (C=O) groups is 4. The van der Waals surface area contributed by atoms with Crippen LogP contribution in [0.25, 0.3) is 0 Å². The molecule has 0 aliphatic rings. The first-order valence-electron chi connectivity index (χ1n) is 37.8. The molecule has 0 radical (unpaired) electrons. The molecule has 0 aromatic heterocycles. The van der Waals surface area contributed by atoms with E-state index in [1.54, 1.807) is 0 Å². The van der Waals surface area contributed by atoms with Crippen molar-refractivity contribution >= 4 is 39.5 Å². The molecule has 0 bridgehead atoms. The van der Waals surface area contributed by atoms with Crippen LogP contribution in [-0.2, 0) is 65.4 Å². The Morgan fingerprint density at radius 3 is 0.885 bits per heavy atom. The number of phosphoric ester groups is 2. The second-order valence-electron chi connectivity index (χ2n) is 25.2. The average molecular weight is 1400 g/mol. The van der Waals surface area contributed by atoms with Crippen molar-refractivity contribution < 1.29 is 80.2 Å². The van der Waals surface area contributed by atoms with Crippen LogP contribution in [0.1, 0.15) is 323 Å². The molecule has 556 valence electrons. The maximum Gasteiger partial charge on any atom is 0.472 e. The lowest BCUT2D eigenvalue weighted by molar-refractivity contribution is -0.161. The van der Waals surface area contributed by atoms with E-state index in [0.717, 1.165) is 167 Å². The molecular formula is C77H136O17P2. The van der Waals surface area contributed by atoms with Crippen LogP contribution < -0.4 is 0 Å². The van der Waals surface area contributed by atoms with E-state index in [1.807, 2.05) is 0 Å². The number of carbonyl (C=O) groups excluding carboxylic acids is 4. The number of phosphoric acid groups is 2. The molecule has 0 fully saturated rings. The van der Waals surface area contributed by atoms with Gasteiger partial charge in [-0.3, -0.25) is 37.3 Å². The third-order valence-electron chi connectivity index (χ3n) is 15.8. The van der Waals surface area contributed by atoms with Crippen LogP contribution in [0.3, 0.4) is 0 Å². The van der Waals surface area contributed by atoms with E-state index in [1.165, 1.54) is 77.0 Å². The van der Waals surface area contributed by atoms with Crippen molar-refractivity contribution in [3.05, 3.63) is 85.1 Å². The zero-order valence-electron chi connectivity index (χ0n) is 60.5. The van der Waals surface area contributed by atoms with Gasteiger partial charge in [0.05, 0.1) is 26.4 Å². The third kappa shape index (κ3) is 68.8. The van der Waals surface area contributed by atoms with E-state index in [4.69, 9.17) is 37.0 Å². The highest BCUT2D eigenvalue weighted by molar-refractivity contribution is 7.47. The first kappa shape index (κ1) is 92.2. The van der Waals surface area contributed by atoms with Gasteiger partial charge in [-0.25, -0.2) is 9.13 Å². The molecule has 0 aromatic carbocycles. The fourth-order valence-corrected chi connectivity index (χ4v) is 11.6. The first-order chi connectivity index (χ1) is 46.7. The molecule has 5 unspecified atom stereocenters. The standard InChI is InChI=1S/C77H136O17P2/c1-5-9-13-17-21-25-29-32-34-35-37-40-43-46-50-54-58-62-75(80)87-67-72(93-76(81)63-59-55-51-47-41-28-24-20-16-12-8-4)69-91-95(83,84)89-65-71(78)66-90-96(85,86)92-70-73(94-77(82)64-60-56-52-48-44-38-31-27-23-19-15-11-7-3)68-88-74(79)61-57-53-49-45-42-39-36-33-30-26-22-18-14-10-6-2/h9,13,20-21,24-25,27,31-34,36-37,40,71-73,78H,5-8,10-12,14-19,22-23,26,28-30,35,38-39,41-70H2,1-4H3,(H,83,84)(H,85,86)/b13-9-,24-20-,25-21-,31-27-,34-32-,36-33-,40-37-. The number of esters is 4. The fraction of sp³-hybridized carbons (Fsp3) is 0.766. The van der Waals surface area contributed by atoms with Crippen molar-refractivity contribution in [2.45, 2.75) is 341 Å². The molecule has 0 aliphatic heterocycles. The predicted octanol–water partition coefficient (Wildman–Crippen LogP) is 21.4. The quantitative estimate of drug-likeness (QED) is 0.0169. The van der Waals surface area contributed by atoms with Crippen molar-refractivity contribution in [2.24, 2.45) is 0 Å². The zero-order chi connectivity index (χ0) is 70.4. The lowest BCUT2D eigenvalue weighted by atomic mass is 10.1. The summed E-state index contributed by atoms with van der Waals surface area (Å²) in [5.74, 6) is -2.22. The highest BCUT2D eigenvalue weighted by Gasteiger charge is 2.30. The molecule has 0 saturated heterocycles. The van der Waals surface area contributed by atoms with Crippen molar-refractivity contribution in [3.8, 4) is 0 Å². The summed E-state index contributed by atoms with van der Waals surface area (Å²) in [4.78, 5) is 72.7.